The highest BCUT2D eigenvalue weighted by Gasteiger charge is 2.31. The van der Waals surface area contributed by atoms with Crippen LogP contribution in [0.2, 0.25) is 0 Å². The van der Waals surface area contributed by atoms with Crippen molar-refractivity contribution in [2.45, 2.75) is 31.1 Å². The molecule has 0 aliphatic rings. The van der Waals surface area contributed by atoms with Crippen LogP contribution >= 0.6 is 22.7 Å². The van der Waals surface area contributed by atoms with Crippen LogP contribution in [0.5, 0.6) is 23.0 Å². The lowest BCUT2D eigenvalue weighted by Crippen LogP contribution is -2.30. The van der Waals surface area contributed by atoms with Crippen LogP contribution in [-0.4, -0.2) is 72.4 Å². The lowest BCUT2D eigenvalue weighted by atomic mass is 10.0. The summed E-state index contributed by atoms with van der Waals surface area (Å²) in [6.45, 7) is 0. The summed E-state index contributed by atoms with van der Waals surface area (Å²) in [6, 6.07) is 18.6. The van der Waals surface area contributed by atoms with E-state index in [0.717, 1.165) is 34.8 Å². The normalized spacial score (nSPS) is 11.9. The fraction of sp³-hybridized carbons (Fsp3) is 0.209. The van der Waals surface area contributed by atoms with Crippen molar-refractivity contribution in [3.63, 3.8) is 0 Å². The van der Waals surface area contributed by atoms with Gasteiger partial charge < -0.3 is 39.8 Å². The van der Waals surface area contributed by atoms with Crippen LogP contribution in [-0.2, 0) is 15.8 Å². The maximum Gasteiger partial charge on any atom is 0.416 e. The number of amides is 2. The number of para-hydroxylation sites is 2. The number of methoxy groups -OCH3 is 4. The van der Waals surface area contributed by atoms with Crippen molar-refractivity contribution in [3.8, 4) is 44.1 Å². The van der Waals surface area contributed by atoms with Gasteiger partial charge in [-0.3, -0.25) is 19.2 Å². The number of carboxylic acid groups (broad SMARTS) is 2. The molecule has 20 heteroatoms. The first-order valence-corrected chi connectivity index (χ1v) is 20.1. The SMILES string of the molecule is COc1cccc([C@H](CC(=O)O)NC(=O)c2csc(-c3ccc(C(F)(F)F)cc3)n2)c1OC.COc1cccc([C@H](CC(=O)O)NC(=O)c2csc(-c3ccccc3F)n2)c1OC. The molecule has 63 heavy (non-hydrogen) atoms. The molecule has 6 aromatic rings. The van der Waals surface area contributed by atoms with Gasteiger partial charge in [0.15, 0.2) is 23.0 Å². The molecule has 0 spiro atoms. The summed E-state index contributed by atoms with van der Waals surface area (Å²) in [5.74, 6) is -2.50. The summed E-state index contributed by atoms with van der Waals surface area (Å²) < 4.78 is 73.5. The highest BCUT2D eigenvalue weighted by molar-refractivity contribution is 7.13. The molecule has 0 unspecified atom stereocenters. The van der Waals surface area contributed by atoms with Gasteiger partial charge in [0.25, 0.3) is 11.8 Å². The summed E-state index contributed by atoms with van der Waals surface area (Å²) >= 11 is 2.20. The molecule has 2 atom stereocenters. The van der Waals surface area contributed by atoms with E-state index in [2.05, 4.69) is 20.6 Å². The van der Waals surface area contributed by atoms with Crippen molar-refractivity contribution in [1.29, 1.82) is 0 Å². The molecule has 0 aliphatic heterocycles. The van der Waals surface area contributed by atoms with Gasteiger partial charge >= 0.3 is 18.1 Å². The Morgan fingerprint density at radius 2 is 1.10 bits per heavy atom. The third-order valence-electron chi connectivity index (χ3n) is 9.02. The number of aromatic nitrogens is 2. The third-order valence-corrected chi connectivity index (χ3v) is 10.8. The number of alkyl halides is 3. The number of hydrogen-bond donors (Lipinski definition) is 4. The van der Waals surface area contributed by atoms with Gasteiger partial charge in [-0.25, -0.2) is 14.4 Å². The molecular weight excluding hydrogens is 873 g/mol. The van der Waals surface area contributed by atoms with Gasteiger partial charge in [0.2, 0.25) is 0 Å². The minimum Gasteiger partial charge on any atom is -0.493 e. The van der Waals surface area contributed by atoms with Gasteiger partial charge in [0, 0.05) is 33.0 Å². The van der Waals surface area contributed by atoms with E-state index in [1.807, 2.05) is 0 Å². The van der Waals surface area contributed by atoms with Gasteiger partial charge in [0.05, 0.1) is 58.9 Å². The highest BCUT2D eigenvalue weighted by Crippen LogP contribution is 2.38. The summed E-state index contributed by atoms with van der Waals surface area (Å²) in [5, 5.41) is 27.6. The monoisotopic (exact) mass is 910 g/mol. The Morgan fingerprint density at radius 3 is 1.52 bits per heavy atom. The van der Waals surface area contributed by atoms with Crippen LogP contribution in [0, 0.1) is 5.82 Å². The Labute approximate surface area is 365 Å². The molecule has 0 saturated carbocycles. The van der Waals surface area contributed by atoms with E-state index in [0.29, 0.717) is 44.0 Å². The first-order chi connectivity index (χ1) is 30.1. The molecule has 2 heterocycles. The van der Waals surface area contributed by atoms with Crippen molar-refractivity contribution >= 4 is 46.4 Å². The number of rotatable bonds is 16. The molecule has 2 aromatic heterocycles. The van der Waals surface area contributed by atoms with E-state index >= 15 is 0 Å². The van der Waals surface area contributed by atoms with Gasteiger partial charge in [-0.05, 0) is 36.4 Å². The number of benzene rings is 4. The van der Waals surface area contributed by atoms with Crippen molar-refractivity contribution in [2.24, 2.45) is 0 Å². The van der Waals surface area contributed by atoms with E-state index in [1.165, 1.54) is 57.4 Å². The molecule has 330 valence electrons. The van der Waals surface area contributed by atoms with E-state index in [9.17, 15) is 47.0 Å². The zero-order valence-corrected chi connectivity index (χ0v) is 35.3. The first-order valence-electron chi connectivity index (χ1n) is 18.4. The smallest absolute Gasteiger partial charge is 0.416 e. The number of carbonyl (C=O) groups is 4. The number of thiazole rings is 2. The molecule has 4 aromatic carbocycles. The van der Waals surface area contributed by atoms with Crippen molar-refractivity contribution in [1.82, 2.24) is 20.6 Å². The number of hydrogen-bond acceptors (Lipinski definition) is 12. The summed E-state index contributed by atoms with van der Waals surface area (Å²) in [4.78, 5) is 56.8. The number of ether oxygens (including phenoxy) is 4. The molecule has 0 radical (unpaired) electrons. The molecule has 0 fully saturated rings. The van der Waals surface area contributed by atoms with Gasteiger partial charge in [0.1, 0.15) is 27.2 Å². The minimum absolute atomic E-state index is 0.00662. The Hall–Kier alpha value is -7.06. The fourth-order valence-electron chi connectivity index (χ4n) is 6.11. The Balaban J connectivity index is 0.000000239. The van der Waals surface area contributed by atoms with E-state index in [1.54, 1.807) is 54.6 Å². The average molecular weight is 911 g/mol. The number of aliphatic carboxylic acids is 2. The maximum atomic E-state index is 14.0. The molecule has 0 saturated heterocycles. The predicted octanol–water partition coefficient (Wildman–Crippen LogP) is 8.70. The summed E-state index contributed by atoms with van der Waals surface area (Å²) in [7, 11) is 5.73. The van der Waals surface area contributed by atoms with Crippen molar-refractivity contribution in [3.05, 3.63) is 130 Å². The lowest BCUT2D eigenvalue weighted by Gasteiger charge is -2.21. The van der Waals surface area contributed by atoms with Crippen LogP contribution in [0.1, 0.15) is 62.6 Å². The second-order valence-electron chi connectivity index (χ2n) is 13.0. The molecular formula is C43H38F4N4O10S2. The first kappa shape index (κ1) is 47.0. The van der Waals surface area contributed by atoms with Crippen molar-refractivity contribution < 1.29 is 65.9 Å². The maximum absolute atomic E-state index is 14.0. The van der Waals surface area contributed by atoms with Crippen LogP contribution < -0.4 is 29.6 Å². The molecule has 4 N–H and O–H groups in total. The number of carbonyl (C=O) groups excluding carboxylic acids is 2. The minimum atomic E-state index is -4.45. The number of nitrogens with zero attached hydrogens (tertiary/aromatic N) is 2. The molecule has 6 rings (SSSR count). The Morgan fingerprint density at radius 1 is 0.635 bits per heavy atom. The van der Waals surface area contributed by atoms with Gasteiger partial charge in [-0.15, -0.1) is 22.7 Å². The third kappa shape index (κ3) is 11.9. The van der Waals surface area contributed by atoms with E-state index in [-0.39, 0.29) is 29.1 Å². The Kier molecular flexibility index (Phi) is 15.8. The largest absolute Gasteiger partial charge is 0.493 e. The zero-order valence-electron chi connectivity index (χ0n) is 33.7. The quantitative estimate of drug-likeness (QED) is 0.0676. The second kappa shape index (κ2) is 21.1. The van der Waals surface area contributed by atoms with Gasteiger partial charge in [-0.2, -0.15) is 13.2 Å². The predicted molar refractivity (Wildman–Crippen MR) is 224 cm³/mol. The second-order valence-corrected chi connectivity index (χ2v) is 14.8. The van der Waals surface area contributed by atoms with Crippen molar-refractivity contribution in [2.75, 3.05) is 28.4 Å². The molecule has 0 aliphatic carbocycles. The van der Waals surface area contributed by atoms with E-state index < -0.39 is 59.8 Å². The average Bonchev–Trinajstić information content (AvgIpc) is 3.97. The topological polar surface area (TPSA) is 195 Å². The zero-order chi connectivity index (χ0) is 45.8. The Bertz CT molecular complexity index is 2570. The summed E-state index contributed by atoms with van der Waals surface area (Å²) in [5.41, 5.74) is 0.858. The molecule has 14 nitrogen and oxygen atoms in total. The number of nitrogens with one attached hydrogen (secondary N) is 2. The lowest BCUT2D eigenvalue weighted by molar-refractivity contribution is -0.138. The number of carboxylic acids is 2. The summed E-state index contributed by atoms with van der Waals surface area (Å²) in [6.07, 6.45) is -5.25. The molecule has 2 amide bonds. The highest BCUT2D eigenvalue weighted by atomic mass is 32.1. The van der Waals surface area contributed by atoms with Crippen LogP contribution in [0.15, 0.2) is 95.7 Å². The van der Waals surface area contributed by atoms with Crippen LogP contribution in [0.4, 0.5) is 17.6 Å². The van der Waals surface area contributed by atoms with Crippen LogP contribution in [0.3, 0.4) is 0 Å². The van der Waals surface area contributed by atoms with E-state index in [4.69, 9.17) is 18.9 Å². The fourth-order valence-corrected chi connectivity index (χ4v) is 7.75. The standard InChI is InChI=1S/C22H19F3N2O5S.C21H19FN2O5S/c1-31-17-5-3-4-14(19(17)32-2)15(10-18(28)29)26-20(30)16-11-33-21(27-16)12-6-8-13(9-7-12)22(23,24)25;1-28-17-9-5-7-13(19(17)29-2)15(10-18(25)26)23-20(27)16-11-30-21(24-16)12-6-3-4-8-14(12)22/h3-9,11,15H,10H2,1-2H3,(H,26,30)(H,28,29);3-9,11,15H,10H2,1-2H3,(H,23,27)(H,25,26)/t2*15-/m00/s1. The molecule has 0 bridgehead atoms. The number of halogens is 4. The van der Waals surface area contributed by atoms with Gasteiger partial charge in [-0.1, -0.05) is 48.5 Å². The van der Waals surface area contributed by atoms with Crippen LogP contribution in [0.25, 0.3) is 21.1 Å².